The Bertz CT molecular complexity index is 991. The molecule has 4 rings (SSSR count). The number of amidine groups is 1. The highest BCUT2D eigenvalue weighted by Gasteiger charge is 2.40. The van der Waals surface area contributed by atoms with E-state index < -0.39 is 4.76 Å². The summed E-state index contributed by atoms with van der Waals surface area (Å²) < 4.78 is -0.670. The number of quaternary nitrogens is 1. The quantitative estimate of drug-likeness (QED) is 0.655. The zero-order chi connectivity index (χ0) is 19.9. The molecule has 0 saturated carbocycles. The summed E-state index contributed by atoms with van der Waals surface area (Å²) in [7, 11) is 0. The summed E-state index contributed by atoms with van der Waals surface area (Å²) >= 11 is 0. The molecule has 1 aromatic carbocycles. The van der Waals surface area contributed by atoms with Gasteiger partial charge in [-0.3, -0.25) is 4.98 Å². The van der Waals surface area contributed by atoms with Crippen LogP contribution in [-0.2, 0) is 0 Å². The average Bonchev–Trinajstić information content (AvgIpc) is 2.99. The predicted octanol–water partition coefficient (Wildman–Crippen LogP) is 3.21. The Balaban J connectivity index is 1.99. The molecule has 7 nitrogen and oxygen atoms in total. The van der Waals surface area contributed by atoms with Crippen LogP contribution in [0.2, 0.25) is 0 Å². The van der Waals surface area contributed by atoms with Gasteiger partial charge in [0.1, 0.15) is 6.54 Å². The molecule has 28 heavy (non-hydrogen) atoms. The van der Waals surface area contributed by atoms with Gasteiger partial charge in [0.25, 0.3) is 0 Å². The molecule has 0 fully saturated rings. The molecule has 0 saturated heterocycles. The largest absolute Gasteiger partial charge is 0.603 e. The van der Waals surface area contributed by atoms with Gasteiger partial charge < -0.3 is 10.9 Å². The van der Waals surface area contributed by atoms with Crippen molar-refractivity contribution in [3.05, 3.63) is 70.2 Å². The molecule has 7 heteroatoms. The van der Waals surface area contributed by atoms with E-state index in [0.717, 1.165) is 40.2 Å². The first-order valence-electron chi connectivity index (χ1n) is 9.46. The van der Waals surface area contributed by atoms with Crippen molar-refractivity contribution in [2.45, 2.75) is 27.2 Å². The van der Waals surface area contributed by atoms with Crippen LogP contribution in [0.15, 0.2) is 52.6 Å². The van der Waals surface area contributed by atoms with Crippen molar-refractivity contribution in [1.29, 1.82) is 0 Å². The van der Waals surface area contributed by atoms with Crippen molar-refractivity contribution < 1.29 is 4.76 Å². The number of aryl methyl sites for hydroxylation is 2. The highest BCUT2D eigenvalue weighted by molar-refractivity contribution is 6.35. The van der Waals surface area contributed by atoms with Crippen LogP contribution in [0.3, 0.4) is 0 Å². The highest BCUT2D eigenvalue weighted by Crippen LogP contribution is 2.37. The maximum atomic E-state index is 13.1. The summed E-state index contributed by atoms with van der Waals surface area (Å²) in [6, 6.07) is 13.9. The standard InChI is InChI=1S/C21H24N6O/c1-4-10-27(28)13-26-20(25-27)18(17-11-14(2)23-15(3)12-17)19(24-21(26)22)16-8-6-5-7-9-16/h5-9,11-12H,4,10,13H2,1-3H3,(H2,22,24). The van der Waals surface area contributed by atoms with Crippen molar-refractivity contribution in [2.75, 3.05) is 13.2 Å². The summed E-state index contributed by atoms with van der Waals surface area (Å²) in [6.45, 7) is 6.44. The minimum absolute atomic E-state index is 0.146. The van der Waals surface area contributed by atoms with Crippen LogP contribution in [0.1, 0.15) is 35.9 Å². The molecule has 2 aliphatic rings. The van der Waals surface area contributed by atoms with Gasteiger partial charge in [0.05, 0.1) is 11.3 Å². The van der Waals surface area contributed by atoms with Crippen LogP contribution in [-0.4, -0.2) is 39.6 Å². The van der Waals surface area contributed by atoms with E-state index >= 15 is 0 Å². The number of nitrogens with two attached hydrogens (primary N) is 1. The Morgan fingerprint density at radius 3 is 2.43 bits per heavy atom. The first-order chi connectivity index (χ1) is 13.4. The van der Waals surface area contributed by atoms with Crippen LogP contribution < -0.4 is 5.73 Å². The number of guanidine groups is 1. The number of nitrogens with zero attached hydrogens (tertiary/aromatic N) is 5. The molecule has 2 aromatic rings. The molecule has 2 N–H and O–H groups in total. The van der Waals surface area contributed by atoms with E-state index in [2.05, 4.69) is 15.1 Å². The van der Waals surface area contributed by atoms with E-state index in [-0.39, 0.29) is 6.67 Å². The van der Waals surface area contributed by atoms with Gasteiger partial charge in [0.2, 0.25) is 11.8 Å². The first kappa shape index (κ1) is 18.3. The minimum Gasteiger partial charge on any atom is -0.603 e. The van der Waals surface area contributed by atoms with Crippen molar-refractivity contribution in [3.63, 3.8) is 0 Å². The fourth-order valence-corrected chi connectivity index (χ4v) is 3.77. The van der Waals surface area contributed by atoms with Gasteiger partial charge in [-0.1, -0.05) is 42.4 Å². The number of hydrogen-bond acceptors (Lipinski definition) is 6. The molecular weight excluding hydrogens is 352 g/mol. The third kappa shape index (κ3) is 3.19. The van der Waals surface area contributed by atoms with Gasteiger partial charge in [-0.25, -0.2) is 14.6 Å². The van der Waals surface area contributed by atoms with Gasteiger partial charge in [-0.05, 0) is 38.0 Å². The average molecular weight is 376 g/mol. The van der Waals surface area contributed by atoms with Crippen molar-refractivity contribution in [1.82, 2.24) is 9.88 Å². The first-order valence-corrected chi connectivity index (χ1v) is 9.46. The fraction of sp³-hybridized carbons (Fsp3) is 0.286. The number of hydroxylamine groups is 2. The molecule has 2 aliphatic heterocycles. The monoisotopic (exact) mass is 376 g/mol. The molecule has 1 unspecified atom stereocenters. The minimum atomic E-state index is -0.670. The second kappa shape index (κ2) is 6.85. The van der Waals surface area contributed by atoms with Gasteiger partial charge in [0.15, 0.2) is 6.67 Å². The molecule has 0 bridgehead atoms. The number of rotatable bonds is 4. The second-order valence-corrected chi connectivity index (χ2v) is 7.26. The van der Waals surface area contributed by atoms with E-state index in [1.54, 1.807) is 4.90 Å². The second-order valence-electron chi connectivity index (χ2n) is 7.26. The number of aliphatic imine (C=N–C) groups is 1. The third-order valence-electron chi connectivity index (χ3n) is 4.85. The number of pyridine rings is 1. The van der Waals surface area contributed by atoms with Crippen molar-refractivity contribution in [2.24, 2.45) is 15.8 Å². The zero-order valence-corrected chi connectivity index (χ0v) is 16.4. The van der Waals surface area contributed by atoms with E-state index in [9.17, 15) is 5.21 Å². The Morgan fingerprint density at radius 1 is 1.11 bits per heavy atom. The molecule has 1 aromatic heterocycles. The lowest BCUT2D eigenvalue weighted by atomic mass is 9.96. The zero-order valence-electron chi connectivity index (χ0n) is 16.4. The highest BCUT2D eigenvalue weighted by atomic mass is 16.6. The lowest BCUT2D eigenvalue weighted by Crippen LogP contribution is -2.47. The van der Waals surface area contributed by atoms with E-state index in [1.807, 2.05) is 63.2 Å². The Labute approximate surface area is 164 Å². The van der Waals surface area contributed by atoms with Gasteiger partial charge in [-0.15, -0.1) is 0 Å². The number of aromatic nitrogens is 1. The molecule has 0 aliphatic carbocycles. The van der Waals surface area contributed by atoms with Crippen LogP contribution in [0, 0.1) is 19.1 Å². The molecule has 0 amide bonds. The van der Waals surface area contributed by atoms with Crippen molar-refractivity contribution in [3.8, 4) is 0 Å². The normalized spacial score (nSPS) is 21.5. The lowest BCUT2D eigenvalue weighted by Gasteiger charge is -2.32. The summed E-state index contributed by atoms with van der Waals surface area (Å²) in [5.41, 5.74) is 11.5. The van der Waals surface area contributed by atoms with Crippen LogP contribution in [0.25, 0.3) is 11.3 Å². The van der Waals surface area contributed by atoms with Crippen molar-refractivity contribution >= 4 is 23.1 Å². The Kier molecular flexibility index (Phi) is 4.49. The lowest BCUT2D eigenvalue weighted by molar-refractivity contribution is -0.887. The molecule has 1 atom stereocenters. The third-order valence-corrected chi connectivity index (χ3v) is 4.85. The van der Waals surface area contributed by atoms with Gasteiger partial charge >= 0.3 is 0 Å². The van der Waals surface area contributed by atoms with Crippen LogP contribution in [0.4, 0.5) is 0 Å². The smallest absolute Gasteiger partial charge is 0.207 e. The molecule has 144 valence electrons. The van der Waals surface area contributed by atoms with Crippen LogP contribution >= 0.6 is 0 Å². The van der Waals surface area contributed by atoms with Gasteiger partial charge in [-0.2, -0.15) is 0 Å². The van der Waals surface area contributed by atoms with Crippen LogP contribution in [0.5, 0.6) is 0 Å². The summed E-state index contributed by atoms with van der Waals surface area (Å²) in [5.74, 6) is 0.885. The SMILES string of the molecule is CCC[N+]1([O-])CN2C(N)=NC(c3ccccc3)=C(c3cc(C)nc(C)c3)C2=N1. The molecule has 0 radical (unpaired) electrons. The Hall–Kier alpha value is -3.03. The Morgan fingerprint density at radius 2 is 1.79 bits per heavy atom. The summed E-state index contributed by atoms with van der Waals surface area (Å²) in [5, 5.41) is 17.7. The topological polar surface area (TPSA) is 89.9 Å². The number of hydrogen-bond donors (Lipinski definition) is 1. The predicted molar refractivity (Wildman–Crippen MR) is 112 cm³/mol. The summed E-state index contributed by atoms with van der Waals surface area (Å²) in [4.78, 5) is 10.9. The van der Waals surface area contributed by atoms with E-state index in [1.165, 1.54) is 0 Å². The van der Waals surface area contributed by atoms with Gasteiger partial charge in [0, 0.05) is 17.0 Å². The molecule has 3 heterocycles. The maximum absolute atomic E-state index is 13.1. The van der Waals surface area contributed by atoms with E-state index in [0.29, 0.717) is 18.3 Å². The molecule has 0 spiro atoms. The fourth-order valence-electron chi connectivity index (χ4n) is 3.77. The molecular formula is C21H24N6O. The number of fused-ring (bicyclic) bond motifs is 1. The summed E-state index contributed by atoms with van der Waals surface area (Å²) in [6.07, 6.45) is 0.739. The maximum Gasteiger partial charge on any atom is 0.207 e. The number of benzene rings is 1. The van der Waals surface area contributed by atoms with E-state index in [4.69, 9.17) is 5.73 Å².